The second-order valence-corrected chi connectivity index (χ2v) is 14.1. The molecule has 0 heterocycles. The molecule has 6 heteroatoms. The van der Waals surface area contributed by atoms with E-state index in [0.717, 1.165) is 26.9 Å². The molecular formula is C22H29BrO4Si. The first-order chi connectivity index (χ1) is 13.0. The van der Waals surface area contributed by atoms with Crippen LogP contribution < -0.4 is 4.74 Å². The van der Waals surface area contributed by atoms with E-state index in [-0.39, 0.29) is 11.5 Å². The highest BCUT2D eigenvalue weighted by Crippen LogP contribution is 2.37. The summed E-state index contributed by atoms with van der Waals surface area (Å²) in [4.78, 5) is 10.9. The Balaban J connectivity index is 2.03. The zero-order valence-electron chi connectivity index (χ0n) is 17.2. The van der Waals surface area contributed by atoms with Gasteiger partial charge in [0.1, 0.15) is 12.4 Å². The molecule has 0 aliphatic carbocycles. The van der Waals surface area contributed by atoms with Crippen LogP contribution in [0.25, 0.3) is 0 Å². The average Bonchev–Trinajstić information content (AvgIpc) is 2.59. The van der Waals surface area contributed by atoms with Crippen LogP contribution in [0.1, 0.15) is 37.5 Å². The van der Waals surface area contributed by atoms with Gasteiger partial charge in [-0.05, 0) is 47.5 Å². The summed E-state index contributed by atoms with van der Waals surface area (Å²) in [6.07, 6.45) is 0.000551. The molecule has 1 N–H and O–H groups in total. The van der Waals surface area contributed by atoms with Crippen LogP contribution in [-0.2, 0) is 28.9 Å². The predicted molar refractivity (Wildman–Crippen MR) is 118 cm³/mol. The molecule has 0 atom stereocenters. The molecule has 0 unspecified atom stereocenters. The quantitative estimate of drug-likeness (QED) is 0.473. The van der Waals surface area contributed by atoms with E-state index in [4.69, 9.17) is 14.3 Å². The van der Waals surface area contributed by atoms with Crippen LogP contribution in [0.15, 0.2) is 46.9 Å². The van der Waals surface area contributed by atoms with Gasteiger partial charge in [-0.25, -0.2) is 0 Å². The van der Waals surface area contributed by atoms with Crippen LogP contribution in [0.2, 0.25) is 18.1 Å². The standard InChI is InChI=1S/C22H29BrO4Si/c1-22(2,3)28(4,5)27-14-17-7-6-8-19(12-17)26-15-18-11-16(13-21(24)25)9-10-20(18)23/h6-12H,13-15H2,1-5H3,(H,24,25). The lowest BCUT2D eigenvalue weighted by molar-refractivity contribution is -0.136. The number of halogens is 1. The van der Waals surface area contributed by atoms with E-state index in [9.17, 15) is 4.79 Å². The van der Waals surface area contributed by atoms with Gasteiger partial charge in [-0.3, -0.25) is 4.79 Å². The molecule has 0 fully saturated rings. The maximum atomic E-state index is 10.9. The highest BCUT2D eigenvalue weighted by atomic mass is 79.9. The van der Waals surface area contributed by atoms with Crippen LogP contribution in [0, 0.1) is 0 Å². The number of carbonyl (C=O) groups is 1. The molecule has 0 bridgehead atoms. The first kappa shape index (κ1) is 22.7. The Bertz CT molecular complexity index is 828. The third-order valence-electron chi connectivity index (χ3n) is 5.16. The molecule has 4 nitrogen and oxygen atoms in total. The number of hydrogen-bond acceptors (Lipinski definition) is 3. The predicted octanol–water partition coefficient (Wildman–Crippen LogP) is 6.18. The number of carboxylic acid groups (broad SMARTS) is 1. The van der Waals surface area contributed by atoms with Gasteiger partial charge in [-0.2, -0.15) is 0 Å². The summed E-state index contributed by atoms with van der Waals surface area (Å²) in [5.41, 5.74) is 2.76. The largest absolute Gasteiger partial charge is 0.489 e. The lowest BCUT2D eigenvalue weighted by atomic mass is 10.1. The van der Waals surface area contributed by atoms with Crippen molar-refractivity contribution in [2.24, 2.45) is 0 Å². The summed E-state index contributed by atoms with van der Waals surface area (Å²) in [6, 6.07) is 13.5. The number of aliphatic carboxylic acids is 1. The smallest absolute Gasteiger partial charge is 0.307 e. The Morgan fingerprint density at radius 3 is 2.43 bits per heavy atom. The molecule has 28 heavy (non-hydrogen) atoms. The highest BCUT2D eigenvalue weighted by molar-refractivity contribution is 9.10. The Morgan fingerprint density at radius 2 is 1.79 bits per heavy atom. The van der Waals surface area contributed by atoms with Crippen LogP contribution in [0.4, 0.5) is 0 Å². The molecule has 152 valence electrons. The molecule has 0 aliphatic heterocycles. The van der Waals surface area contributed by atoms with Crippen molar-refractivity contribution in [3.8, 4) is 5.75 Å². The van der Waals surface area contributed by atoms with Gasteiger partial charge in [-0.15, -0.1) is 0 Å². The number of hydrogen-bond donors (Lipinski definition) is 1. The van der Waals surface area contributed by atoms with Crippen LogP contribution in [0.3, 0.4) is 0 Å². The zero-order chi connectivity index (χ0) is 20.9. The van der Waals surface area contributed by atoms with Crippen molar-refractivity contribution in [3.63, 3.8) is 0 Å². The molecule has 2 aromatic carbocycles. The topological polar surface area (TPSA) is 55.8 Å². The van der Waals surface area contributed by atoms with Gasteiger partial charge >= 0.3 is 5.97 Å². The van der Waals surface area contributed by atoms with Crippen molar-refractivity contribution in [1.29, 1.82) is 0 Å². The second-order valence-electron chi connectivity index (χ2n) is 8.48. The van der Waals surface area contributed by atoms with Crippen molar-refractivity contribution < 1.29 is 19.1 Å². The second kappa shape index (κ2) is 9.24. The monoisotopic (exact) mass is 464 g/mol. The van der Waals surface area contributed by atoms with Gasteiger partial charge in [-0.1, -0.05) is 61.0 Å². The Kier molecular flexibility index (Phi) is 7.48. The Morgan fingerprint density at radius 1 is 1.07 bits per heavy atom. The number of benzene rings is 2. The minimum absolute atomic E-state index is 0.000551. The van der Waals surface area contributed by atoms with Crippen molar-refractivity contribution in [2.45, 2.75) is 58.5 Å². The SMILES string of the molecule is CC(C)(C)[Si](C)(C)OCc1cccc(OCc2cc(CC(=O)O)ccc2Br)c1. The Labute approximate surface area is 177 Å². The van der Waals surface area contributed by atoms with Crippen LogP contribution >= 0.6 is 15.9 Å². The maximum absolute atomic E-state index is 10.9. The van der Waals surface area contributed by atoms with E-state index >= 15 is 0 Å². The molecule has 0 saturated carbocycles. The first-order valence-electron chi connectivity index (χ1n) is 9.33. The summed E-state index contributed by atoms with van der Waals surface area (Å²) < 4.78 is 13.1. The van der Waals surface area contributed by atoms with E-state index in [0.29, 0.717) is 13.2 Å². The minimum atomic E-state index is -1.80. The van der Waals surface area contributed by atoms with E-state index in [1.165, 1.54) is 0 Å². The number of ether oxygens (including phenoxy) is 1. The van der Waals surface area contributed by atoms with Crippen molar-refractivity contribution in [1.82, 2.24) is 0 Å². The average molecular weight is 465 g/mol. The summed E-state index contributed by atoms with van der Waals surface area (Å²) in [5, 5.41) is 9.15. The normalized spacial score (nSPS) is 12.1. The molecule has 0 saturated heterocycles. The molecular weight excluding hydrogens is 436 g/mol. The van der Waals surface area contributed by atoms with Crippen molar-refractivity contribution >= 4 is 30.2 Å². The zero-order valence-corrected chi connectivity index (χ0v) is 19.8. The third kappa shape index (κ3) is 6.46. The molecule has 0 spiro atoms. The summed E-state index contributed by atoms with van der Waals surface area (Å²) in [5.74, 6) is -0.0736. The van der Waals surface area contributed by atoms with E-state index in [1.54, 1.807) is 6.07 Å². The van der Waals surface area contributed by atoms with Gasteiger partial charge in [0, 0.05) is 10.0 Å². The summed E-state index contributed by atoms with van der Waals surface area (Å²) in [7, 11) is -1.80. The molecule has 2 rings (SSSR count). The van der Waals surface area contributed by atoms with Crippen molar-refractivity contribution in [3.05, 3.63) is 63.6 Å². The fourth-order valence-electron chi connectivity index (χ4n) is 2.39. The first-order valence-corrected chi connectivity index (χ1v) is 13.0. The maximum Gasteiger partial charge on any atom is 0.307 e. The van der Waals surface area contributed by atoms with Gasteiger partial charge in [0.2, 0.25) is 0 Å². The molecule has 0 amide bonds. The number of carboxylic acids is 1. The molecule has 0 radical (unpaired) electrons. The highest BCUT2D eigenvalue weighted by Gasteiger charge is 2.37. The summed E-state index contributed by atoms with van der Waals surface area (Å²) in [6.45, 7) is 12.1. The molecule has 0 aliphatic rings. The van der Waals surface area contributed by atoms with Crippen molar-refractivity contribution in [2.75, 3.05) is 0 Å². The van der Waals surface area contributed by atoms with Crippen LogP contribution in [0.5, 0.6) is 5.75 Å². The lowest BCUT2D eigenvalue weighted by Gasteiger charge is -2.36. The van der Waals surface area contributed by atoms with Gasteiger partial charge < -0.3 is 14.3 Å². The number of rotatable bonds is 8. The lowest BCUT2D eigenvalue weighted by Crippen LogP contribution is -2.40. The molecule has 2 aromatic rings. The third-order valence-corrected chi connectivity index (χ3v) is 10.4. The van der Waals surface area contributed by atoms with E-state index in [2.05, 4.69) is 49.8 Å². The van der Waals surface area contributed by atoms with E-state index < -0.39 is 14.3 Å². The van der Waals surface area contributed by atoms with Crippen LogP contribution in [-0.4, -0.2) is 19.4 Å². The summed E-state index contributed by atoms with van der Waals surface area (Å²) >= 11 is 3.51. The van der Waals surface area contributed by atoms with E-state index in [1.807, 2.05) is 36.4 Å². The minimum Gasteiger partial charge on any atom is -0.489 e. The fourth-order valence-corrected chi connectivity index (χ4v) is 3.71. The Hall–Kier alpha value is -1.63. The van der Waals surface area contributed by atoms with Gasteiger partial charge in [0.25, 0.3) is 0 Å². The van der Waals surface area contributed by atoms with Gasteiger partial charge in [0.15, 0.2) is 8.32 Å². The fraction of sp³-hybridized carbons (Fsp3) is 0.409. The molecule has 0 aromatic heterocycles. The van der Waals surface area contributed by atoms with Gasteiger partial charge in [0.05, 0.1) is 13.0 Å².